The average Bonchev–Trinajstić information content (AvgIpc) is 3.03. The first kappa shape index (κ1) is 24.8. The summed E-state index contributed by atoms with van der Waals surface area (Å²) in [4.78, 5) is 20.8. The predicted octanol–water partition coefficient (Wildman–Crippen LogP) is 3.51. The van der Waals surface area contributed by atoms with Crippen LogP contribution in [-0.4, -0.2) is 52.1 Å². The van der Waals surface area contributed by atoms with Gasteiger partial charge in [0.1, 0.15) is 18.5 Å². The van der Waals surface area contributed by atoms with Gasteiger partial charge in [0, 0.05) is 17.4 Å². The number of ether oxygens (including phenoxy) is 2. The van der Waals surface area contributed by atoms with E-state index in [1.165, 1.54) is 19.3 Å². The van der Waals surface area contributed by atoms with Gasteiger partial charge in [-0.05, 0) is 19.9 Å². The molecule has 4 atom stereocenters. The van der Waals surface area contributed by atoms with Gasteiger partial charge in [0.25, 0.3) is 5.91 Å². The van der Waals surface area contributed by atoms with E-state index < -0.39 is 66.2 Å². The summed E-state index contributed by atoms with van der Waals surface area (Å²) >= 11 is 0. The number of carbonyl (C=O) groups excluding carboxylic acids is 1. The lowest BCUT2D eigenvalue weighted by Gasteiger charge is -2.32. The minimum absolute atomic E-state index is 0.114. The molecule has 0 spiro atoms. The molecule has 3 rings (SSSR count). The van der Waals surface area contributed by atoms with Crippen LogP contribution in [-0.2, 0) is 9.53 Å². The fraction of sp³-hybridized carbons (Fsp3) is 0.476. The SMILES string of the molecule is Cc1ncc(NC(=O)[C@@H]2O[C@@](C)(C(F)(F)F)[C@@H](C)[C@H]2c2ccc(F)c(F)c2OCCO)cn1. The molecular weight excluding hydrogens is 453 g/mol. The maximum atomic E-state index is 14.5. The number of aliphatic hydroxyl groups excluding tert-OH is 1. The number of rotatable bonds is 6. The van der Waals surface area contributed by atoms with Crippen molar-refractivity contribution in [2.45, 2.75) is 44.6 Å². The standard InChI is InChI=1S/C21H22F5N3O4/c1-10-15(13-4-5-14(22)16(23)17(13)32-7-6-30)18(33-20(10,3)21(24,25)26)19(31)29-12-8-27-11(2)28-9-12/h4-5,8-10,15,18,30H,6-7H2,1-3H3,(H,29,31)/t10-,15-,18+,20+/m0/s1. The van der Waals surface area contributed by atoms with Gasteiger partial charge >= 0.3 is 6.18 Å². The van der Waals surface area contributed by atoms with E-state index in [4.69, 9.17) is 14.6 Å². The third-order valence-electron chi connectivity index (χ3n) is 5.75. The van der Waals surface area contributed by atoms with Crippen LogP contribution in [0.15, 0.2) is 24.5 Å². The number of alkyl halides is 3. The Morgan fingerprint density at radius 2 is 1.91 bits per heavy atom. The fourth-order valence-corrected chi connectivity index (χ4v) is 3.80. The zero-order valence-corrected chi connectivity index (χ0v) is 17.9. The molecule has 1 aromatic carbocycles. The number of nitrogens with zero attached hydrogens (tertiary/aromatic N) is 2. The van der Waals surface area contributed by atoms with Crippen molar-refractivity contribution in [3.63, 3.8) is 0 Å². The number of anilines is 1. The molecule has 1 saturated heterocycles. The molecule has 1 aliphatic rings. The number of hydrogen-bond donors (Lipinski definition) is 2. The Labute approximate surface area is 185 Å². The van der Waals surface area contributed by atoms with Gasteiger partial charge in [0.05, 0.1) is 24.7 Å². The van der Waals surface area contributed by atoms with Gasteiger partial charge in [-0.1, -0.05) is 13.0 Å². The molecule has 1 aliphatic heterocycles. The number of amides is 1. The molecule has 0 aliphatic carbocycles. The molecule has 1 aromatic heterocycles. The zero-order valence-electron chi connectivity index (χ0n) is 17.9. The molecule has 2 N–H and O–H groups in total. The molecule has 180 valence electrons. The lowest BCUT2D eigenvalue weighted by Crippen LogP contribution is -2.47. The van der Waals surface area contributed by atoms with Gasteiger partial charge < -0.3 is 19.9 Å². The molecule has 2 heterocycles. The second-order valence-corrected chi connectivity index (χ2v) is 7.82. The number of nitrogens with one attached hydrogen (secondary N) is 1. The van der Waals surface area contributed by atoms with Crippen LogP contribution in [0, 0.1) is 24.5 Å². The highest BCUT2D eigenvalue weighted by atomic mass is 19.4. The molecule has 1 fully saturated rings. The zero-order chi connectivity index (χ0) is 24.6. The Morgan fingerprint density at radius 1 is 1.27 bits per heavy atom. The van der Waals surface area contributed by atoms with Crippen molar-refractivity contribution in [3.05, 3.63) is 47.5 Å². The Morgan fingerprint density at radius 3 is 2.48 bits per heavy atom. The third-order valence-corrected chi connectivity index (χ3v) is 5.75. The normalized spacial score (nSPS) is 25.2. The van der Waals surface area contributed by atoms with Crippen LogP contribution in [0.3, 0.4) is 0 Å². The molecule has 0 saturated carbocycles. The van der Waals surface area contributed by atoms with Crippen LogP contribution in [0.25, 0.3) is 0 Å². The largest absolute Gasteiger partial charge is 0.488 e. The molecular formula is C21H22F5N3O4. The number of aliphatic hydroxyl groups is 1. The van der Waals surface area contributed by atoms with Crippen LogP contribution in [0.4, 0.5) is 27.6 Å². The Balaban J connectivity index is 2.08. The first-order valence-corrected chi connectivity index (χ1v) is 9.96. The maximum absolute atomic E-state index is 14.5. The number of benzene rings is 1. The van der Waals surface area contributed by atoms with E-state index in [0.717, 1.165) is 19.1 Å². The van der Waals surface area contributed by atoms with E-state index in [1.54, 1.807) is 6.92 Å². The van der Waals surface area contributed by atoms with Gasteiger partial charge in [0.2, 0.25) is 5.82 Å². The number of hydrogen-bond acceptors (Lipinski definition) is 6. The van der Waals surface area contributed by atoms with E-state index in [9.17, 15) is 26.7 Å². The fourth-order valence-electron chi connectivity index (χ4n) is 3.80. The number of carbonyl (C=O) groups is 1. The summed E-state index contributed by atoms with van der Waals surface area (Å²) in [6, 6.07) is 1.78. The second-order valence-electron chi connectivity index (χ2n) is 7.82. The van der Waals surface area contributed by atoms with E-state index in [0.29, 0.717) is 5.82 Å². The summed E-state index contributed by atoms with van der Waals surface area (Å²) in [5.41, 5.74) is -2.85. The van der Waals surface area contributed by atoms with Crippen molar-refractivity contribution in [1.29, 1.82) is 0 Å². The van der Waals surface area contributed by atoms with E-state index in [1.807, 2.05) is 0 Å². The van der Waals surface area contributed by atoms with Gasteiger partial charge in [-0.3, -0.25) is 4.79 Å². The van der Waals surface area contributed by atoms with E-state index >= 15 is 0 Å². The summed E-state index contributed by atoms with van der Waals surface area (Å²) in [5, 5.41) is 11.4. The minimum Gasteiger partial charge on any atom is -0.488 e. The smallest absolute Gasteiger partial charge is 0.417 e. The van der Waals surface area contributed by atoms with Crippen LogP contribution < -0.4 is 10.1 Å². The highest BCUT2D eigenvalue weighted by Crippen LogP contribution is 2.55. The highest BCUT2D eigenvalue weighted by molar-refractivity contribution is 5.95. The van der Waals surface area contributed by atoms with Crippen molar-refractivity contribution in [2.75, 3.05) is 18.5 Å². The maximum Gasteiger partial charge on any atom is 0.417 e. The second kappa shape index (κ2) is 9.18. The molecule has 0 radical (unpaired) electrons. The van der Waals surface area contributed by atoms with E-state index in [2.05, 4.69) is 15.3 Å². The molecule has 1 amide bonds. The predicted molar refractivity (Wildman–Crippen MR) is 106 cm³/mol. The van der Waals surface area contributed by atoms with Crippen LogP contribution in [0.1, 0.15) is 31.2 Å². The molecule has 0 bridgehead atoms. The summed E-state index contributed by atoms with van der Waals surface area (Å²) < 4.78 is 80.7. The first-order chi connectivity index (χ1) is 15.4. The van der Waals surface area contributed by atoms with Crippen molar-refractivity contribution >= 4 is 11.6 Å². The molecule has 2 aromatic rings. The Bertz CT molecular complexity index is 1020. The minimum atomic E-state index is -4.88. The van der Waals surface area contributed by atoms with Gasteiger partial charge in [-0.25, -0.2) is 14.4 Å². The first-order valence-electron chi connectivity index (χ1n) is 9.96. The van der Waals surface area contributed by atoms with Crippen molar-refractivity contribution in [2.24, 2.45) is 5.92 Å². The lowest BCUT2D eigenvalue weighted by atomic mass is 9.77. The van der Waals surface area contributed by atoms with Crippen molar-refractivity contribution in [1.82, 2.24) is 9.97 Å². The van der Waals surface area contributed by atoms with Crippen molar-refractivity contribution < 1.29 is 41.3 Å². The number of aryl methyl sites for hydroxylation is 1. The molecule has 0 unspecified atom stereocenters. The van der Waals surface area contributed by atoms with Crippen LogP contribution in [0.5, 0.6) is 5.75 Å². The van der Waals surface area contributed by atoms with Crippen molar-refractivity contribution in [3.8, 4) is 5.75 Å². The Kier molecular flexibility index (Phi) is 6.89. The summed E-state index contributed by atoms with van der Waals surface area (Å²) in [6.07, 6.45) is -4.08. The quantitative estimate of drug-likeness (QED) is 0.622. The van der Waals surface area contributed by atoms with Crippen LogP contribution in [0.2, 0.25) is 0 Å². The van der Waals surface area contributed by atoms with Gasteiger partial charge in [0.15, 0.2) is 17.2 Å². The third kappa shape index (κ3) is 4.62. The van der Waals surface area contributed by atoms with Gasteiger partial charge in [-0.2, -0.15) is 17.6 Å². The Hall–Kier alpha value is -2.86. The number of halogens is 5. The average molecular weight is 475 g/mol. The molecule has 7 nitrogen and oxygen atoms in total. The number of aromatic nitrogens is 2. The van der Waals surface area contributed by atoms with E-state index in [-0.39, 0.29) is 11.3 Å². The van der Waals surface area contributed by atoms with Gasteiger partial charge in [-0.15, -0.1) is 0 Å². The monoisotopic (exact) mass is 475 g/mol. The summed E-state index contributed by atoms with van der Waals surface area (Å²) in [7, 11) is 0. The molecule has 12 heteroatoms. The topological polar surface area (TPSA) is 93.6 Å². The molecule has 33 heavy (non-hydrogen) atoms. The summed E-state index contributed by atoms with van der Waals surface area (Å²) in [5.74, 6) is -6.74. The highest BCUT2D eigenvalue weighted by Gasteiger charge is 2.65. The van der Waals surface area contributed by atoms with Crippen LogP contribution >= 0.6 is 0 Å². The lowest BCUT2D eigenvalue weighted by molar-refractivity contribution is -0.272. The summed E-state index contributed by atoms with van der Waals surface area (Å²) in [6.45, 7) is 2.61.